The largest absolute Gasteiger partial charge is 0.382 e. The predicted octanol–water partition coefficient (Wildman–Crippen LogP) is 1.64. The Kier molecular flexibility index (Phi) is 6.45. The van der Waals surface area contributed by atoms with E-state index >= 15 is 0 Å². The van der Waals surface area contributed by atoms with Gasteiger partial charge in [-0.05, 0) is 18.6 Å². The van der Waals surface area contributed by atoms with Crippen LogP contribution in [0.3, 0.4) is 0 Å². The molecule has 1 unspecified atom stereocenters. The fourth-order valence-electron chi connectivity index (χ4n) is 1.42. The van der Waals surface area contributed by atoms with E-state index in [0.29, 0.717) is 31.5 Å². The first-order valence-corrected chi connectivity index (χ1v) is 7.45. The van der Waals surface area contributed by atoms with Crippen molar-refractivity contribution < 1.29 is 18.9 Å². The van der Waals surface area contributed by atoms with Crippen LogP contribution in [0.25, 0.3) is 0 Å². The van der Waals surface area contributed by atoms with E-state index in [2.05, 4.69) is 0 Å². The molecule has 0 saturated heterocycles. The lowest BCUT2D eigenvalue weighted by Crippen LogP contribution is -2.09. The number of benzene rings is 1. The van der Waals surface area contributed by atoms with E-state index in [1.807, 2.05) is 6.07 Å². The molecule has 1 rings (SSSR count). The van der Waals surface area contributed by atoms with Crippen LogP contribution < -0.4 is 5.30 Å². The fourth-order valence-corrected chi connectivity index (χ4v) is 2.87. The predicted molar refractivity (Wildman–Crippen MR) is 68.1 cm³/mol. The maximum Gasteiger partial charge on any atom is 0.229 e. The summed E-state index contributed by atoms with van der Waals surface area (Å²) in [5.41, 5.74) is 0. The highest BCUT2D eigenvalue weighted by Gasteiger charge is 2.19. The second kappa shape index (κ2) is 7.62. The maximum atomic E-state index is 12.0. The molecule has 0 bridgehead atoms. The summed E-state index contributed by atoms with van der Waals surface area (Å²) in [5.74, 6) is 0. The van der Waals surface area contributed by atoms with E-state index < -0.39 is 7.37 Å². The van der Waals surface area contributed by atoms with Gasteiger partial charge in [-0.1, -0.05) is 18.2 Å². The Bertz CT molecular complexity index is 353. The van der Waals surface area contributed by atoms with Crippen LogP contribution in [0.4, 0.5) is 0 Å². The Labute approximate surface area is 102 Å². The van der Waals surface area contributed by atoms with Crippen LogP contribution in [0.1, 0.15) is 6.42 Å². The smallest absolute Gasteiger partial charge is 0.229 e. The van der Waals surface area contributed by atoms with Gasteiger partial charge in [-0.2, -0.15) is 0 Å². The summed E-state index contributed by atoms with van der Waals surface area (Å²) in [6, 6.07) is 8.75. The molecule has 0 aromatic heterocycles. The molecule has 1 aromatic carbocycles. The van der Waals surface area contributed by atoms with Crippen molar-refractivity contribution >= 4 is 12.7 Å². The van der Waals surface area contributed by atoms with Crippen molar-refractivity contribution in [2.45, 2.75) is 6.42 Å². The minimum atomic E-state index is -3.21. The lowest BCUT2D eigenvalue weighted by Gasteiger charge is -2.11. The van der Waals surface area contributed by atoms with Gasteiger partial charge in [0.1, 0.15) is 0 Å². The Morgan fingerprint density at radius 2 is 1.88 bits per heavy atom. The minimum absolute atomic E-state index is 0.254. The fraction of sp³-hybridized carbons (Fsp3) is 0.500. The average molecular weight is 258 g/mol. The quantitative estimate of drug-likeness (QED) is 0.569. The molecule has 0 aliphatic heterocycles. The van der Waals surface area contributed by atoms with Gasteiger partial charge in [0.2, 0.25) is 7.37 Å². The molecule has 96 valence electrons. The minimum Gasteiger partial charge on any atom is -0.382 e. The summed E-state index contributed by atoms with van der Waals surface area (Å²) < 4.78 is 22.1. The van der Waals surface area contributed by atoms with Gasteiger partial charge in [0, 0.05) is 25.2 Å². The topological polar surface area (TPSA) is 55.8 Å². The second-order valence-corrected chi connectivity index (χ2v) is 6.09. The standard InChI is InChI=1S/C12H19O4P/c1-15-9-10-16-8-5-11-17(13,14)12-6-3-2-4-7-12/h2-4,6-7H,5,8-11H2,1H3,(H,13,14). The maximum absolute atomic E-state index is 12.0. The van der Waals surface area contributed by atoms with Gasteiger partial charge < -0.3 is 14.4 Å². The highest BCUT2D eigenvalue weighted by atomic mass is 31.2. The van der Waals surface area contributed by atoms with Crippen molar-refractivity contribution in [3.05, 3.63) is 30.3 Å². The first-order valence-electron chi connectivity index (χ1n) is 5.61. The van der Waals surface area contributed by atoms with Crippen molar-refractivity contribution in [2.75, 3.05) is 33.1 Å². The molecular weight excluding hydrogens is 239 g/mol. The van der Waals surface area contributed by atoms with Gasteiger partial charge in [-0.15, -0.1) is 0 Å². The average Bonchev–Trinajstić information content (AvgIpc) is 2.35. The van der Waals surface area contributed by atoms with Crippen LogP contribution in [0.5, 0.6) is 0 Å². The van der Waals surface area contributed by atoms with E-state index in [0.717, 1.165) is 0 Å². The van der Waals surface area contributed by atoms with Gasteiger partial charge in [0.05, 0.1) is 13.2 Å². The molecule has 0 heterocycles. The molecule has 0 radical (unpaired) electrons. The molecule has 0 aliphatic carbocycles. The first kappa shape index (κ1) is 14.4. The summed E-state index contributed by atoms with van der Waals surface area (Å²) in [7, 11) is -1.60. The second-order valence-electron chi connectivity index (χ2n) is 3.72. The van der Waals surface area contributed by atoms with Gasteiger partial charge >= 0.3 is 0 Å². The monoisotopic (exact) mass is 258 g/mol. The molecular formula is C12H19O4P. The lowest BCUT2D eigenvalue weighted by atomic mass is 10.4. The molecule has 5 heteroatoms. The summed E-state index contributed by atoms with van der Waals surface area (Å²) in [6.07, 6.45) is 0.830. The summed E-state index contributed by atoms with van der Waals surface area (Å²) in [6.45, 7) is 1.56. The highest BCUT2D eigenvalue weighted by molar-refractivity contribution is 7.66. The third-order valence-electron chi connectivity index (χ3n) is 2.34. The Hall–Kier alpha value is -0.670. The van der Waals surface area contributed by atoms with Crippen molar-refractivity contribution in [1.29, 1.82) is 0 Å². The van der Waals surface area contributed by atoms with E-state index in [4.69, 9.17) is 9.47 Å². The molecule has 4 nitrogen and oxygen atoms in total. The molecule has 0 fully saturated rings. The van der Waals surface area contributed by atoms with E-state index in [1.54, 1.807) is 31.4 Å². The van der Waals surface area contributed by atoms with Crippen molar-refractivity contribution in [2.24, 2.45) is 0 Å². The van der Waals surface area contributed by atoms with Crippen molar-refractivity contribution in [3.63, 3.8) is 0 Å². The summed E-state index contributed by atoms with van der Waals surface area (Å²) >= 11 is 0. The SMILES string of the molecule is COCCOCCCP(=O)(O)c1ccccc1. The molecule has 0 amide bonds. The van der Waals surface area contributed by atoms with Crippen LogP contribution in [-0.4, -0.2) is 38.0 Å². The Morgan fingerprint density at radius 3 is 2.53 bits per heavy atom. The van der Waals surface area contributed by atoms with Crippen molar-refractivity contribution in [3.8, 4) is 0 Å². The molecule has 0 spiro atoms. The van der Waals surface area contributed by atoms with Crippen LogP contribution >= 0.6 is 7.37 Å². The van der Waals surface area contributed by atoms with Crippen molar-refractivity contribution in [1.82, 2.24) is 0 Å². The molecule has 1 N–H and O–H groups in total. The van der Waals surface area contributed by atoms with Gasteiger partial charge in [0.25, 0.3) is 0 Å². The zero-order valence-electron chi connectivity index (χ0n) is 10.0. The zero-order valence-corrected chi connectivity index (χ0v) is 10.9. The van der Waals surface area contributed by atoms with Crippen LogP contribution in [0, 0.1) is 0 Å². The number of rotatable bonds is 8. The number of hydrogen-bond donors (Lipinski definition) is 1. The molecule has 0 aliphatic rings. The van der Waals surface area contributed by atoms with E-state index in [-0.39, 0.29) is 6.16 Å². The van der Waals surface area contributed by atoms with E-state index in [9.17, 15) is 9.46 Å². The molecule has 1 atom stereocenters. The number of hydrogen-bond acceptors (Lipinski definition) is 3. The normalized spacial score (nSPS) is 14.5. The van der Waals surface area contributed by atoms with Crippen LogP contribution in [0.15, 0.2) is 30.3 Å². The van der Waals surface area contributed by atoms with Gasteiger partial charge in [0.15, 0.2) is 0 Å². The lowest BCUT2D eigenvalue weighted by molar-refractivity contribution is 0.0711. The highest BCUT2D eigenvalue weighted by Crippen LogP contribution is 2.39. The van der Waals surface area contributed by atoms with E-state index in [1.165, 1.54) is 0 Å². The van der Waals surface area contributed by atoms with Gasteiger partial charge in [-0.25, -0.2) is 0 Å². The Morgan fingerprint density at radius 1 is 1.18 bits per heavy atom. The number of methoxy groups -OCH3 is 1. The molecule has 0 saturated carbocycles. The number of ether oxygens (including phenoxy) is 2. The molecule has 1 aromatic rings. The first-order chi connectivity index (χ1) is 8.17. The summed E-state index contributed by atoms with van der Waals surface area (Å²) in [4.78, 5) is 9.86. The Balaban J connectivity index is 2.28. The molecule has 17 heavy (non-hydrogen) atoms. The zero-order chi connectivity index (χ0) is 12.6. The van der Waals surface area contributed by atoms with Crippen LogP contribution in [0.2, 0.25) is 0 Å². The third kappa shape index (κ3) is 5.46. The summed E-state index contributed by atoms with van der Waals surface area (Å²) in [5, 5.41) is 0.511. The third-order valence-corrected chi connectivity index (χ3v) is 4.37. The van der Waals surface area contributed by atoms with Crippen LogP contribution in [-0.2, 0) is 14.0 Å². The van der Waals surface area contributed by atoms with Gasteiger partial charge in [-0.3, -0.25) is 4.57 Å².